The van der Waals surface area contributed by atoms with Gasteiger partial charge >= 0.3 is 0 Å². The molecule has 16 heavy (non-hydrogen) atoms. The summed E-state index contributed by atoms with van der Waals surface area (Å²) >= 11 is 0. The van der Waals surface area contributed by atoms with Gasteiger partial charge in [0.05, 0.1) is 0 Å². The van der Waals surface area contributed by atoms with Gasteiger partial charge in [-0.15, -0.1) is 0 Å². The Hall–Kier alpha value is -1.28. The van der Waals surface area contributed by atoms with E-state index in [0.29, 0.717) is 0 Å². The molecule has 1 heterocycles. The third-order valence-electron chi connectivity index (χ3n) is 3.13. The van der Waals surface area contributed by atoms with Gasteiger partial charge in [-0.1, -0.05) is 12.1 Å². The molecule has 86 valence electrons. The maximum atomic E-state index is 3.47. The van der Waals surface area contributed by atoms with Crippen LogP contribution in [0.4, 0.5) is 0 Å². The minimum Gasteiger partial charge on any atom is -0.358 e. The van der Waals surface area contributed by atoms with Crippen LogP contribution in [-0.2, 0) is 6.42 Å². The predicted octanol–water partition coefficient (Wildman–Crippen LogP) is 2.94. The number of aromatic nitrogens is 1. The van der Waals surface area contributed by atoms with Gasteiger partial charge in [-0.25, -0.2) is 0 Å². The predicted molar refractivity (Wildman–Crippen MR) is 70.0 cm³/mol. The fourth-order valence-corrected chi connectivity index (χ4v) is 2.27. The Morgan fingerprint density at radius 3 is 2.81 bits per heavy atom. The second-order valence-corrected chi connectivity index (χ2v) is 4.48. The molecule has 2 heteroatoms. The largest absolute Gasteiger partial charge is 0.358 e. The zero-order valence-electron chi connectivity index (χ0n) is 10.4. The highest BCUT2D eigenvalue weighted by Gasteiger charge is 2.07. The van der Waals surface area contributed by atoms with Crippen molar-refractivity contribution in [2.75, 3.05) is 13.6 Å². The van der Waals surface area contributed by atoms with Crippen molar-refractivity contribution in [2.45, 2.75) is 26.7 Å². The van der Waals surface area contributed by atoms with E-state index in [9.17, 15) is 0 Å². The van der Waals surface area contributed by atoms with E-state index in [0.717, 1.165) is 13.0 Å². The summed E-state index contributed by atoms with van der Waals surface area (Å²) in [4.78, 5) is 3.47. The third-order valence-corrected chi connectivity index (χ3v) is 3.13. The number of rotatable bonds is 4. The van der Waals surface area contributed by atoms with Crippen molar-refractivity contribution in [3.63, 3.8) is 0 Å². The molecule has 2 rings (SSSR count). The minimum atomic E-state index is 1.08. The zero-order chi connectivity index (χ0) is 11.5. The van der Waals surface area contributed by atoms with Crippen LogP contribution < -0.4 is 5.32 Å². The summed E-state index contributed by atoms with van der Waals surface area (Å²) in [6.45, 7) is 5.39. The Bertz CT molecular complexity index is 483. The Morgan fingerprint density at radius 2 is 2.06 bits per heavy atom. The first-order valence-electron chi connectivity index (χ1n) is 5.95. The van der Waals surface area contributed by atoms with Crippen LogP contribution in [0.1, 0.15) is 23.2 Å². The number of aromatic amines is 1. The lowest BCUT2D eigenvalue weighted by atomic mass is 10.0. The van der Waals surface area contributed by atoms with Crippen LogP contribution in [0.25, 0.3) is 10.9 Å². The highest BCUT2D eigenvalue weighted by molar-refractivity contribution is 5.85. The van der Waals surface area contributed by atoms with Gasteiger partial charge in [0.25, 0.3) is 0 Å². The van der Waals surface area contributed by atoms with Gasteiger partial charge in [0, 0.05) is 16.6 Å². The highest BCUT2D eigenvalue weighted by atomic mass is 14.8. The maximum absolute atomic E-state index is 3.47. The Kier molecular flexibility index (Phi) is 3.30. The smallest absolute Gasteiger partial charge is 0.0461 e. The molecule has 2 nitrogen and oxygen atoms in total. The molecule has 1 aromatic carbocycles. The summed E-state index contributed by atoms with van der Waals surface area (Å²) in [5, 5.41) is 4.58. The van der Waals surface area contributed by atoms with E-state index in [4.69, 9.17) is 0 Å². The molecule has 0 radical (unpaired) electrons. The van der Waals surface area contributed by atoms with Crippen LogP contribution in [0.2, 0.25) is 0 Å². The first-order valence-corrected chi connectivity index (χ1v) is 5.95. The molecule has 0 saturated heterocycles. The standard InChI is InChI=1S/C14H20N2/c1-10-6-7-13-12(5-4-8-15-3)11(2)16-14(13)9-10/h6-7,9,15-16H,4-5,8H2,1-3H3. The Balaban J connectivity index is 2.32. The van der Waals surface area contributed by atoms with Crippen LogP contribution >= 0.6 is 0 Å². The van der Waals surface area contributed by atoms with Crippen LogP contribution in [-0.4, -0.2) is 18.6 Å². The number of aryl methyl sites for hydroxylation is 3. The number of nitrogens with one attached hydrogen (secondary N) is 2. The lowest BCUT2D eigenvalue weighted by Gasteiger charge is -2.01. The van der Waals surface area contributed by atoms with E-state index in [1.54, 1.807) is 0 Å². The molecule has 0 unspecified atom stereocenters. The van der Waals surface area contributed by atoms with Gasteiger partial charge in [-0.3, -0.25) is 0 Å². The van der Waals surface area contributed by atoms with Crippen molar-refractivity contribution in [1.29, 1.82) is 0 Å². The van der Waals surface area contributed by atoms with E-state index in [2.05, 4.69) is 42.3 Å². The van der Waals surface area contributed by atoms with Crippen molar-refractivity contribution in [1.82, 2.24) is 10.3 Å². The van der Waals surface area contributed by atoms with Gasteiger partial charge < -0.3 is 10.3 Å². The Morgan fingerprint density at radius 1 is 1.25 bits per heavy atom. The number of hydrogen-bond acceptors (Lipinski definition) is 1. The molecular weight excluding hydrogens is 196 g/mol. The maximum Gasteiger partial charge on any atom is 0.0461 e. The molecule has 2 N–H and O–H groups in total. The highest BCUT2D eigenvalue weighted by Crippen LogP contribution is 2.24. The normalized spacial score (nSPS) is 11.2. The van der Waals surface area contributed by atoms with Crippen LogP contribution in [0, 0.1) is 13.8 Å². The summed E-state index contributed by atoms with van der Waals surface area (Å²) in [5.41, 5.74) is 5.38. The van der Waals surface area contributed by atoms with E-state index in [1.165, 1.54) is 34.1 Å². The molecule has 0 aliphatic rings. The van der Waals surface area contributed by atoms with Gasteiger partial charge in [0.2, 0.25) is 0 Å². The number of H-pyrrole nitrogens is 1. The van der Waals surface area contributed by atoms with Crippen LogP contribution in [0.3, 0.4) is 0 Å². The third kappa shape index (κ3) is 2.12. The summed E-state index contributed by atoms with van der Waals surface area (Å²) in [5.74, 6) is 0. The van der Waals surface area contributed by atoms with Gasteiger partial charge in [-0.05, 0) is 57.5 Å². The summed E-state index contributed by atoms with van der Waals surface area (Å²) in [6, 6.07) is 6.66. The zero-order valence-corrected chi connectivity index (χ0v) is 10.4. The van der Waals surface area contributed by atoms with Gasteiger partial charge in [0.15, 0.2) is 0 Å². The average molecular weight is 216 g/mol. The first kappa shape index (κ1) is 11.2. The lowest BCUT2D eigenvalue weighted by Crippen LogP contribution is -2.08. The fraction of sp³-hybridized carbons (Fsp3) is 0.429. The van der Waals surface area contributed by atoms with Crippen molar-refractivity contribution in [2.24, 2.45) is 0 Å². The quantitative estimate of drug-likeness (QED) is 0.756. The molecule has 0 aliphatic heterocycles. The summed E-state index contributed by atoms with van der Waals surface area (Å²) in [7, 11) is 2.01. The molecule has 0 fully saturated rings. The molecule has 0 aliphatic carbocycles. The molecule has 0 spiro atoms. The monoisotopic (exact) mass is 216 g/mol. The topological polar surface area (TPSA) is 27.8 Å². The van der Waals surface area contributed by atoms with Gasteiger partial charge in [0.1, 0.15) is 0 Å². The molecule has 0 atom stereocenters. The van der Waals surface area contributed by atoms with Gasteiger partial charge in [-0.2, -0.15) is 0 Å². The minimum absolute atomic E-state index is 1.08. The van der Waals surface area contributed by atoms with E-state index in [-0.39, 0.29) is 0 Å². The number of fused-ring (bicyclic) bond motifs is 1. The molecule has 0 saturated carbocycles. The molecule has 1 aromatic heterocycles. The van der Waals surface area contributed by atoms with E-state index < -0.39 is 0 Å². The second kappa shape index (κ2) is 4.71. The average Bonchev–Trinajstić information content (AvgIpc) is 2.55. The summed E-state index contributed by atoms with van der Waals surface area (Å²) in [6.07, 6.45) is 2.34. The number of benzene rings is 1. The fourth-order valence-electron chi connectivity index (χ4n) is 2.27. The van der Waals surface area contributed by atoms with E-state index in [1.807, 2.05) is 7.05 Å². The van der Waals surface area contributed by atoms with Crippen molar-refractivity contribution in [3.05, 3.63) is 35.0 Å². The van der Waals surface area contributed by atoms with Crippen molar-refractivity contribution < 1.29 is 0 Å². The summed E-state index contributed by atoms with van der Waals surface area (Å²) < 4.78 is 0. The van der Waals surface area contributed by atoms with E-state index >= 15 is 0 Å². The number of hydrogen-bond donors (Lipinski definition) is 2. The molecule has 0 bridgehead atoms. The van der Waals surface area contributed by atoms with Crippen molar-refractivity contribution in [3.8, 4) is 0 Å². The first-order chi connectivity index (χ1) is 7.72. The van der Waals surface area contributed by atoms with Crippen LogP contribution in [0.5, 0.6) is 0 Å². The SMILES string of the molecule is CNCCCc1c(C)[nH]c2cc(C)ccc12. The molecule has 0 amide bonds. The molecular formula is C14H20N2. The molecule has 2 aromatic rings. The van der Waals surface area contributed by atoms with Crippen LogP contribution in [0.15, 0.2) is 18.2 Å². The second-order valence-electron chi connectivity index (χ2n) is 4.48. The van der Waals surface area contributed by atoms with Crippen molar-refractivity contribution >= 4 is 10.9 Å². The Labute approximate surface area is 97.1 Å². The lowest BCUT2D eigenvalue weighted by molar-refractivity contribution is 0.725.